The molecule has 1 rings (SSSR count). The van der Waals surface area contributed by atoms with Gasteiger partial charge in [-0.15, -0.1) is 0 Å². The molecule has 0 amide bonds. The Bertz CT molecular complexity index is 360. The van der Waals surface area contributed by atoms with Crippen LogP contribution in [0.25, 0.3) is 0 Å². The maximum atomic E-state index is 13.2. The van der Waals surface area contributed by atoms with E-state index in [0.717, 1.165) is 6.42 Å². The van der Waals surface area contributed by atoms with Crippen molar-refractivity contribution < 1.29 is 9.13 Å². The van der Waals surface area contributed by atoms with Gasteiger partial charge in [-0.1, -0.05) is 18.5 Å². The van der Waals surface area contributed by atoms with Gasteiger partial charge in [0.1, 0.15) is 5.82 Å². The highest BCUT2D eigenvalue weighted by atomic mass is 35.5. The molecule has 5 heteroatoms. The van der Waals surface area contributed by atoms with Gasteiger partial charge in [-0.05, 0) is 12.5 Å². The van der Waals surface area contributed by atoms with Gasteiger partial charge >= 0.3 is 0 Å². The van der Waals surface area contributed by atoms with E-state index in [-0.39, 0.29) is 11.1 Å². The minimum Gasteiger partial charge on any atom is -0.397 e. The van der Waals surface area contributed by atoms with Crippen LogP contribution in [-0.2, 0) is 4.74 Å². The van der Waals surface area contributed by atoms with E-state index in [9.17, 15) is 4.39 Å². The monoisotopic (exact) mass is 246 g/mol. The summed E-state index contributed by atoms with van der Waals surface area (Å²) < 4.78 is 18.3. The first-order valence-corrected chi connectivity index (χ1v) is 5.46. The number of rotatable bonds is 5. The van der Waals surface area contributed by atoms with Crippen molar-refractivity contribution in [3.05, 3.63) is 23.0 Å². The average Bonchev–Trinajstić information content (AvgIpc) is 2.25. The second kappa shape index (κ2) is 5.92. The molecule has 16 heavy (non-hydrogen) atoms. The second-order valence-corrected chi connectivity index (χ2v) is 3.97. The van der Waals surface area contributed by atoms with Crippen LogP contribution in [0, 0.1) is 5.82 Å². The van der Waals surface area contributed by atoms with Crippen LogP contribution < -0.4 is 11.1 Å². The summed E-state index contributed by atoms with van der Waals surface area (Å²) in [6, 6.07) is 2.81. The lowest BCUT2D eigenvalue weighted by Crippen LogP contribution is -2.24. The Kier molecular flexibility index (Phi) is 4.83. The number of methoxy groups -OCH3 is 1. The van der Waals surface area contributed by atoms with E-state index < -0.39 is 5.82 Å². The average molecular weight is 247 g/mol. The Morgan fingerprint density at radius 1 is 1.56 bits per heavy atom. The predicted octanol–water partition coefficient (Wildman–Crippen LogP) is 2.90. The fourth-order valence-electron chi connectivity index (χ4n) is 1.37. The van der Waals surface area contributed by atoms with Crippen molar-refractivity contribution in [2.24, 2.45) is 0 Å². The third kappa shape index (κ3) is 3.25. The molecular weight excluding hydrogens is 231 g/mol. The first-order chi connectivity index (χ1) is 7.58. The molecule has 0 fully saturated rings. The molecule has 0 saturated heterocycles. The van der Waals surface area contributed by atoms with E-state index in [2.05, 4.69) is 5.32 Å². The van der Waals surface area contributed by atoms with Crippen LogP contribution in [0.5, 0.6) is 0 Å². The van der Waals surface area contributed by atoms with Crippen LogP contribution in [0.2, 0.25) is 5.02 Å². The zero-order valence-corrected chi connectivity index (χ0v) is 10.1. The molecule has 0 radical (unpaired) electrons. The summed E-state index contributed by atoms with van der Waals surface area (Å²) in [5, 5.41) is 3.15. The summed E-state index contributed by atoms with van der Waals surface area (Å²) in [5.74, 6) is -0.481. The third-order valence-electron chi connectivity index (χ3n) is 2.31. The number of ether oxygens (including phenoxy) is 1. The quantitative estimate of drug-likeness (QED) is 0.786. The standard InChI is InChI=1S/C11H16ClFN2O/c1-3-7(6-16-2)15-11-5-9(13)8(12)4-10(11)14/h4-5,7,15H,3,6,14H2,1-2H3. The van der Waals surface area contributed by atoms with E-state index in [1.807, 2.05) is 6.92 Å². The van der Waals surface area contributed by atoms with Crippen molar-refractivity contribution in [2.75, 3.05) is 24.8 Å². The van der Waals surface area contributed by atoms with Gasteiger partial charge in [0.05, 0.1) is 23.0 Å². The molecule has 0 aromatic heterocycles. The lowest BCUT2D eigenvalue weighted by Gasteiger charge is -2.18. The molecule has 1 atom stereocenters. The molecule has 90 valence electrons. The number of nitrogen functional groups attached to an aromatic ring is 1. The van der Waals surface area contributed by atoms with E-state index in [0.29, 0.717) is 18.0 Å². The van der Waals surface area contributed by atoms with Crippen molar-refractivity contribution >= 4 is 23.0 Å². The molecule has 3 N–H and O–H groups in total. The van der Waals surface area contributed by atoms with Crippen LogP contribution in [0.1, 0.15) is 13.3 Å². The molecule has 0 bridgehead atoms. The van der Waals surface area contributed by atoms with Gasteiger partial charge in [-0.3, -0.25) is 0 Å². The summed E-state index contributed by atoms with van der Waals surface area (Å²) >= 11 is 5.61. The number of hydrogen-bond acceptors (Lipinski definition) is 3. The smallest absolute Gasteiger partial charge is 0.143 e. The molecule has 1 unspecified atom stereocenters. The van der Waals surface area contributed by atoms with Crippen LogP contribution in [0.4, 0.5) is 15.8 Å². The van der Waals surface area contributed by atoms with E-state index >= 15 is 0 Å². The first kappa shape index (κ1) is 13.1. The number of nitrogens with two attached hydrogens (primary N) is 1. The lowest BCUT2D eigenvalue weighted by atomic mass is 10.2. The minimum absolute atomic E-state index is 0.0304. The second-order valence-electron chi connectivity index (χ2n) is 3.56. The molecule has 3 nitrogen and oxygen atoms in total. The van der Waals surface area contributed by atoms with Gasteiger partial charge in [0, 0.05) is 19.2 Å². The number of nitrogens with one attached hydrogen (secondary N) is 1. The van der Waals surface area contributed by atoms with Crippen LogP contribution in [-0.4, -0.2) is 19.8 Å². The molecule has 0 saturated carbocycles. The Morgan fingerprint density at radius 3 is 2.81 bits per heavy atom. The number of benzene rings is 1. The van der Waals surface area contributed by atoms with E-state index in [4.69, 9.17) is 22.1 Å². The van der Waals surface area contributed by atoms with Crippen molar-refractivity contribution in [1.29, 1.82) is 0 Å². The van der Waals surface area contributed by atoms with Gasteiger partial charge in [0.25, 0.3) is 0 Å². The van der Waals surface area contributed by atoms with Crippen molar-refractivity contribution in [3.63, 3.8) is 0 Å². The molecule has 0 spiro atoms. The van der Waals surface area contributed by atoms with Crippen LogP contribution in [0.15, 0.2) is 12.1 Å². The van der Waals surface area contributed by atoms with E-state index in [1.54, 1.807) is 7.11 Å². The summed E-state index contributed by atoms with van der Waals surface area (Å²) in [7, 11) is 1.62. The van der Waals surface area contributed by atoms with Crippen molar-refractivity contribution in [2.45, 2.75) is 19.4 Å². The van der Waals surface area contributed by atoms with Gasteiger partial charge in [0.2, 0.25) is 0 Å². The Labute approximate surface area is 99.7 Å². The molecule has 1 aromatic carbocycles. The summed E-state index contributed by atoms with van der Waals surface area (Å²) in [6.07, 6.45) is 0.859. The largest absolute Gasteiger partial charge is 0.397 e. The highest BCUT2D eigenvalue weighted by Crippen LogP contribution is 2.26. The minimum atomic E-state index is -0.481. The first-order valence-electron chi connectivity index (χ1n) is 5.08. The molecule has 1 aromatic rings. The normalized spacial score (nSPS) is 12.5. The van der Waals surface area contributed by atoms with Gasteiger partial charge in [-0.2, -0.15) is 0 Å². The summed E-state index contributed by atoms with van der Waals surface area (Å²) in [5.41, 5.74) is 6.71. The zero-order valence-electron chi connectivity index (χ0n) is 9.39. The third-order valence-corrected chi connectivity index (χ3v) is 2.60. The maximum absolute atomic E-state index is 13.2. The number of hydrogen-bond donors (Lipinski definition) is 2. The van der Waals surface area contributed by atoms with E-state index in [1.165, 1.54) is 12.1 Å². The fraction of sp³-hybridized carbons (Fsp3) is 0.455. The fourth-order valence-corrected chi connectivity index (χ4v) is 1.54. The topological polar surface area (TPSA) is 47.3 Å². The maximum Gasteiger partial charge on any atom is 0.143 e. The Hall–Kier alpha value is -1.00. The van der Waals surface area contributed by atoms with Crippen molar-refractivity contribution in [3.8, 4) is 0 Å². The highest BCUT2D eigenvalue weighted by molar-refractivity contribution is 6.31. The van der Waals surface area contributed by atoms with Crippen LogP contribution >= 0.6 is 11.6 Å². The Balaban J connectivity index is 2.83. The molecule has 0 aliphatic rings. The van der Waals surface area contributed by atoms with Gasteiger partial charge in [0.15, 0.2) is 0 Å². The Morgan fingerprint density at radius 2 is 2.25 bits per heavy atom. The molecule has 0 aliphatic carbocycles. The number of anilines is 2. The summed E-state index contributed by atoms with van der Waals surface area (Å²) in [4.78, 5) is 0. The lowest BCUT2D eigenvalue weighted by molar-refractivity contribution is 0.184. The predicted molar refractivity (Wildman–Crippen MR) is 65.4 cm³/mol. The zero-order chi connectivity index (χ0) is 12.1. The van der Waals surface area contributed by atoms with Gasteiger partial charge < -0.3 is 15.8 Å². The molecule has 0 aliphatic heterocycles. The van der Waals surface area contributed by atoms with Crippen molar-refractivity contribution in [1.82, 2.24) is 0 Å². The molecule has 0 heterocycles. The van der Waals surface area contributed by atoms with Crippen LogP contribution in [0.3, 0.4) is 0 Å². The number of halogens is 2. The SMILES string of the molecule is CCC(COC)Nc1cc(F)c(Cl)cc1N. The summed E-state index contributed by atoms with van der Waals surface area (Å²) in [6.45, 7) is 2.55. The highest BCUT2D eigenvalue weighted by Gasteiger charge is 2.10. The molecular formula is C11H16ClFN2O. The van der Waals surface area contributed by atoms with Gasteiger partial charge in [-0.25, -0.2) is 4.39 Å².